The van der Waals surface area contributed by atoms with Crippen LogP contribution in [0.25, 0.3) is 11.5 Å². The Bertz CT molecular complexity index is 527. The van der Waals surface area contributed by atoms with Crippen molar-refractivity contribution in [3.8, 4) is 11.5 Å². The highest BCUT2D eigenvalue weighted by Gasteiger charge is 2.07. The van der Waals surface area contributed by atoms with Crippen LogP contribution in [0.4, 0.5) is 0 Å². The average Bonchev–Trinajstić information content (AvgIpc) is 2.84. The van der Waals surface area contributed by atoms with Crippen molar-refractivity contribution in [1.29, 1.82) is 0 Å². The number of aromatic amines is 1. The van der Waals surface area contributed by atoms with Gasteiger partial charge in [-0.05, 0) is 19.0 Å². The van der Waals surface area contributed by atoms with Crippen LogP contribution in [-0.2, 0) is 6.42 Å². The van der Waals surface area contributed by atoms with Crippen molar-refractivity contribution in [2.75, 3.05) is 13.1 Å². The molecule has 0 fully saturated rings. The molecule has 0 aliphatic heterocycles. The van der Waals surface area contributed by atoms with E-state index in [4.69, 9.17) is 4.42 Å². The van der Waals surface area contributed by atoms with Gasteiger partial charge in [0.05, 0.1) is 5.56 Å². The Labute approximate surface area is 104 Å². The second kappa shape index (κ2) is 6.11. The molecular weight excluding hydrogens is 232 g/mol. The lowest BCUT2D eigenvalue weighted by Gasteiger charge is -1.98. The minimum atomic E-state index is -0.151. The van der Waals surface area contributed by atoms with E-state index in [-0.39, 0.29) is 5.56 Å². The third-order valence-corrected chi connectivity index (χ3v) is 2.44. The molecule has 0 saturated heterocycles. The molecule has 0 radical (unpaired) electrons. The van der Waals surface area contributed by atoms with Crippen LogP contribution in [0.2, 0.25) is 0 Å². The van der Waals surface area contributed by atoms with Gasteiger partial charge in [0.15, 0.2) is 0 Å². The van der Waals surface area contributed by atoms with E-state index in [1.165, 1.54) is 6.07 Å². The fourth-order valence-electron chi connectivity index (χ4n) is 1.51. The first-order valence-electron chi connectivity index (χ1n) is 6.02. The number of pyridine rings is 1. The lowest BCUT2D eigenvalue weighted by Crippen LogP contribution is -2.17. The Morgan fingerprint density at radius 3 is 2.94 bits per heavy atom. The van der Waals surface area contributed by atoms with Crippen LogP contribution in [0.15, 0.2) is 27.5 Å². The molecule has 0 aliphatic rings. The standard InChI is InChI=1S/C12H16N4O2/c1-2-6-13-7-5-11-15-16-12(18-11)9-3-4-10(17)14-8-9/h3-4,8,13H,2,5-7H2,1H3,(H,14,17). The van der Waals surface area contributed by atoms with E-state index in [9.17, 15) is 4.79 Å². The van der Waals surface area contributed by atoms with E-state index >= 15 is 0 Å². The zero-order chi connectivity index (χ0) is 12.8. The summed E-state index contributed by atoms with van der Waals surface area (Å²) in [7, 11) is 0. The van der Waals surface area contributed by atoms with Crippen LogP contribution in [0.5, 0.6) is 0 Å². The van der Waals surface area contributed by atoms with Gasteiger partial charge >= 0.3 is 0 Å². The molecule has 6 heteroatoms. The first-order chi connectivity index (χ1) is 8.79. The monoisotopic (exact) mass is 248 g/mol. The van der Waals surface area contributed by atoms with Crippen molar-refractivity contribution < 1.29 is 4.42 Å². The maximum Gasteiger partial charge on any atom is 0.249 e. The molecule has 6 nitrogen and oxygen atoms in total. The summed E-state index contributed by atoms with van der Waals surface area (Å²) in [5, 5.41) is 11.2. The molecular formula is C12H16N4O2. The molecule has 2 N–H and O–H groups in total. The van der Waals surface area contributed by atoms with Gasteiger partial charge in [-0.1, -0.05) is 6.92 Å². The summed E-state index contributed by atoms with van der Waals surface area (Å²) in [5.41, 5.74) is 0.567. The molecule has 18 heavy (non-hydrogen) atoms. The summed E-state index contributed by atoms with van der Waals surface area (Å²) in [6, 6.07) is 3.09. The van der Waals surface area contributed by atoms with E-state index in [0.717, 1.165) is 25.1 Å². The van der Waals surface area contributed by atoms with Crippen LogP contribution in [0.3, 0.4) is 0 Å². The smallest absolute Gasteiger partial charge is 0.249 e. The molecule has 0 amide bonds. The van der Waals surface area contributed by atoms with E-state index < -0.39 is 0 Å². The van der Waals surface area contributed by atoms with Gasteiger partial charge in [0, 0.05) is 25.2 Å². The first-order valence-corrected chi connectivity index (χ1v) is 6.02. The van der Waals surface area contributed by atoms with Gasteiger partial charge in [0.2, 0.25) is 17.3 Å². The predicted molar refractivity (Wildman–Crippen MR) is 67.2 cm³/mol. The van der Waals surface area contributed by atoms with Gasteiger partial charge in [-0.3, -0.25) is 4.79 Å². The normalized spacial score (nSPS) is 10.7. The van der Waals surface area contributed by atoms with Crippen LogP contribution < -0.4 is 10.9 Å². The van der Waals surface area contributed by atoms with E-state index in [1.54, 1.807) is 12.3 Å². The molecule has 0 saturated carbocycles. The van der Waals surface area contributed by atoms with E-state index in [1.807, 2.05) is 0 Å². The summed E-state index contributed by atoms with van der Waals surface area (Å²) in [6.07, 6.45) is 3.37. The molecule has 2 aromatic heterocycles. The van der Waals surface area contributed by atoms with Crippen LogP contribution in [-0.4, -0.2) is 28.3 Å². The number of hydrogen-bond donors (Lipinski definition) is 2. The van der Waals surface area contributed by atoms with Crippen molar-refractivity contribution in [1.82, 2.24) is 20.5 Å². The molecule has 0 aliphatic carbocycles. The molecule has 96 valence electrons. The van der Waals surface area contributed by atoms with E-state index in [2.05, 4.69) is 27.4 Å². The van der Waals surface area contributed by atoms with Gasteiger partial charge in [-0.2, -0.15) is 0 Å². The Balaban J connectivity index is 1.97. The van der Waals surface area contributed by atoms with Gasteiger partial charge in [-0.15, -0.1) is 10.2 Å². The molecule has 2 heterocycles. The lowest BCUT2D eigenvalue weighted by atomic mass is 10.3. The zero-order valence-electron chi connectivity index (χ0n) is 10.3. The highest BCUT2D eigenvalue weighted by Crippen LogP contribution is 2.15. The van der Waals surface area contributed by atoms with Crippen LogP contribution in [0.1, 0.15) is 19.2 Å². The second-order valence-corrected chi connectivity index (χ2v) is 3.94. The van der Waals surface area contributed by atoms with Crippen molar-refractivity contribution in [3.63, 3.8) is 0 Å². The van der Waals surface area contributed by atoms with E-state index in [0.29, 0.717) is 18.2 Å². The summed E-state index contributed by atoms with van der Waals surface area (Å²) in [6.45, 7) is 3.93. The number of nitrogens with zero attached hydrogens (tertiary/aromatic N) is 2. The maximum atomic E-state index is 10.9. The Hall–Kier alpha value is -1.95. The summed E-state index contributed by atoms with van der Waals surface area (Å²) < 4.78 is 5.51. The lowest BCUT2D eigenvalue weighted by molar-refractivity contribution is 0.494. The molecule has 0 spiro atoms. The molecule has 0 bridgehead atoms. The molecule has 2 aromatic rings. The third kappa shape index (κ3) is 3.27. The van der Waals surface area contributed by atoms with Crippen molar-refractivity contribution >= 4 is 0 Å². The number of H-pyrrole nitrogens is 1. The Morgan fingerprint density at radius 2 is 2.22 bits per heavy atom. The number of nitrogens with one attached hydrogen (secondary N) is 2. The molecule has 0 aromatic carbocycles. The summed E-state index contributed by atoms with van der Waals surface area (Å²) in [5.74, 6) is 1.02. The van der Waals surface area contributed by atoms with Crippen molar-refractivity contribution in [2.24, 2.45) is 0 Å². The Morgan fingerprint density at radius 1 is 1.33 bits per heavy atom. The fourth-order valence-corrected chi connectivity index (χ4v) is 1.51. The summed E-state index contributed by atoms with van der Waals surface area (Å²) >= 11 is 0. The molecule has 0 atom stereocenters. The third-order valence-electron chi connectivity index (χ3n) is 2.44. The van der Waals surface area contributed by atoms with Gasteiger partial charge in [-0.25, -0.2) is 0 Å². The second-order valence-electron chi connectivity index (χ2n) is 3.94. The molecule has 2 rings (SSSR count). The van der Waals surface area contributed by atoms with Crippen LogP contribution in [0, 0.1) is 0 Å². The highest BCUT2D eigenvalue weighted by atomic mass is 16.4. The Kier molecular flexibility index (Phi) is 4.25. The highest BCUT2D eigenvalue weighted by molar-refractivity contribution is 5.49. The first kappa shape index (κ1) is 12.5. The maximum absolute atomic E-state index is 10.9. The zero-order valence-corrected chi connectivity index (χ0v) is 10.3. The predicted octanol–water partition coefficient (Wildman–Crippen LogP) is 0.967. The average molecular weight is 248 g/mol. The minimum Gasteiger partial charge on any atom is -0.421 e. The number of rotatable bonds is 6. The van der Waals surface area contributed by atoms with Gasteiger partial charge in [0.25, 0.3) is 0 Å². The van der Waals surface area contributed by atoms with Crippen LogP contribution >= 0.6 is 0 Å². The largest absolute Gasteiger partial charge is 0.421 e. The topological polar surface area (TPSA) is 83.8 Å². The van der Waals surface area contributed by atoms with Crippen molar-refractivity contribution in [3.05, 3.63) is 34.6 Å². The van der Waals surface area contributed by atoms with Gasteiger partial charge in [0.1, 0.15) is 0 Å². The SMILES string of the molecule is CCCNCCc1nnc(-c2ccc(=O)[nH]c2)o1. The van der Waals surface area contributed by atoms with Gasteiger partial charge < -0.3 is 14.7 Å². The number of hydrogen-bond acceptors (Lipinski definition) is 5. The molecule has 0 unspecified atom stereocenters. The number of aromatic nitrogens is 3. The minimum absolute atomic E-state index is 0.151. The summed E-state index contributed by atoms with van der Waals surface area (Å²) in [4.78, 5) is 13.5. The van der Waals surface area contributed by atoms with Crippen molar-refractivity contribution in [2.45, 2.75) is 19.8 Å². The fraction of sp³-hybridized carbons (Fsp3) is 0.417. The quantitative estimate of drug-likeness (QED) is 0.744.